The third-order valence-electron chi connectivity index (χ3n) is 2.53. The molecule has 0 saturated carbocycles. The summed E-state index contributed by atoms with van der Waals surface area (Å²) < 4.78 is 4.58. The van der Waals surface area contributed by atoms with Gasteiger partial charge in [-0.2, -0.15) is 0 Å². The van der Waals surface area contributed by atoms with Crippen LogP contribution in [0.3, 0.4) is 0 Å². The van der Waals surface area contributed by atoms with E-state index in [1.54, 1.807) is 0 Å². The number of rotatable bonds is 0. The first-order valence-electron chi connectivity index (χ1n) is 4.31. The normalized spacial score (nSPS) is 25.9. The monoisotopic (exact) mass is 181 g/mol. The Morgan fingerprint density at radius 1 is 1.69 bits per heavy atom. The number of carbonyl (C=O) groups is 2. The van der Waals surface area contributed by atoms with Gasteiger partial charge in [0.1, 0.15) is 0 Å². The van der Waals surface area contributed by atoms with Gasteiger partial charge in [0.25, 0.3) is 0 Å². The van der Waals surface area contributed by atoms with E-state index in [1.165, 1.54) is 12.0 Å². The number of piperidine rings is 1. The van der Waals surface area contributed by atoms with Crippen molar-refractivity contribution in [3.05, 3.63) is 11.8 Å². The first-order valence-corrected chi connectivity index (χ1v) is 4.31. The summed E-state index contributed by atoms with van der Waals surface area (Å²) in [5, 5.41) is 0. The molecule has 2 bridgehead atoms. The number of Topliss-reactive ketones (excluding diaryl/α,β-unsaturated/α-hetero) is 1. The number of ketones is 1. The molecule has 3 rings (SSSR count). The Bertz CT molecular complexity index is 295. The van der Waals surface area contributed by atoms with Crippen LogP contribution in [0.2, 0.25) is 0 Å². The molecule has 1 fully saturated rings. The van der Waals surface area contributed by atoms with E-state index >= 15 is 0 Å². The average Bonchev–Trinajstić information content (AvgIpc) is 2.17. The molecule has 1 aliphatic carbocycles. The standard InChI is InChI=1S/C9H11NO3/c1-13-9(12)10-5-6-2-3-7(10)8(11)4-6/h3,6H,2,4-5H2,1H3. The highest BCUT2D eigenvalue weighted by molar-refractivity contribution is 5.99. The molecule has 3 aliphatic rings. The van der Waals surface area contributed by atoms with Crippen LogP contribution in [0.1, 0.15) is 12.8 Å². The number of nitrogens with zero attached hydrogens (tertiary/aromatic N) is 1. The quantitative estimate of drug-likeness (QED) is 0.558. The first kappa shape index (κ1) is 8.29. The van der Waals surface area contributed by atoms with Crippen molar-refractivity contribution in [3.63, 3.8) is 0 Å². The predicted octanol–water partition coefficient (Wildman–Crippen LogP) is 0.931. The van der Waals surface area contributed by atoms with Gasteiger partial charge in [-0.05, 0) is 12.3 Å². The fourth-order valence-corrected chi connectivity index (χ4v) is 1.88. The molecular weight excluding hydrogens is 170 g/mol. The summed E-state index contributed by atoms with van der Waals surface area (Å²) in [5.41, 5.74) is 0.523. The second-order valence-electron chi connectivity index (χ2n) is 3.40. The molecule has 1 atom stereocenters. The van der Waals surface area contributed by atoms with Gasteiger partial charge in [0, 0.05) is 13.0 Å². The molecule has 0 spiro atoms. The zero-order chi connectivity index (χ0) is 9.42. The topological polar surface area (TPSA) is 46.6 Å². The van der Waals surface area contributed by atoms with Gasteiger partial charge in [0.15, 0.2) is 5.78 Å². The van der Waals surface area contributed by atoms with E-state index in [2.05, 4.69) is 4.74 Å². The van der Waals surface area contributed by atoms with E-state index in [0.717, 1.165) is 6.42 Å². The summed E-state index contributed by atoms with van der Waals surface area (Å²) in [5.74, 6) is 0.358. The lowest BCUT2D eigenvalue weighted by Crippen LogP contribution is -2.45. The Morgan fingerprint density at radius 3 is 3.00 bits per heavy atom. The van der Waals surface area contributed by atoms with Crippen LogP contribution in [0.15, 0.2) is 11.8 Å². The fraction of sp³-hybridized carbons (Fsp3) is 0.556. The SMILES string of the molecule is COC(=O)N1CC2CC=C1C(=O)C2. The van der Waals surface area contributed by atoms with Gasteiger partial charge in [-0.25, -0.2) is 4.79 Å². The number of amides is 1. The van der Waals surface area contributed by atoms with Gasteiger partial charge in [-0.1, -0.05) is 6.08 Å². The molecular formula is C9H11NO3. The van der Waals surface area contributed by atoms with Crippen LogP contribution < -0.4 is 0 Å². The highest BCUT2D eigenvalue weighted by atomic mass is 16.5. The summed E-state index contributed by atoms with van der Waals surface area (Å²) in [6.45, 7) is 0.629. The average molecular weight is 181 g/mol. The van der Waals surface area contributed by atoms with Crippen molar-refractivity contribution in [1.82, 2.24) is 4.90 Å². The zero-order valence-corrected chi connectivity index (χ0v) is 7.45. The van der Waals surface area contributed by atoms with Crippen molar-refractivity contribution in [1.29, 1.82) is 0 Å². The molecule has 0 aromatic heterocycles. The Hall–Kier alpha value is -1.32. The van der Waals surface area contributed by atoms with Crippen LogP contribution in [-0.4, -0.2) is 30.4 Å². The predicted molar refractivity (Wildman–Crippen MR) is 44.9 cm³/mol. The van der Waals surface area contributed by atoms with E-state index in [-0.39, 0.29) is 5.78 Å². The highest BCUT2D eigenvalue weighted by Crippen LogP contribution is 2.31. The Balaban J connectivity index is 2.25. The van der Waals surface area contributed by atoms with Gasteiger partial charge in [0.05, 0.1) is 12.8 Å². The van der Waals surface area contributed by atoms with Gasteiger partial charge in [0.2, 0.25) is 0 Å². The lowest BCUT2D eigenvalue weighted by atomic mass is 9.86. The molecule has 70 valence electrons. The molecule has 0 aromatic carbocycles. The minimum Gasteiger partial charge on any atom is -0.452 e. The minimum atomic E-state index is -0.427. The maximum Gasteiger partial charge on any atom is 0.414 e. The summed E-state index contributed by atoms with van der Waals surface area (Å²) in [4.78, 5) is 24.0. The Kier molecular flexibility index (Phi) is 1.83. The summed E-state index contributed by atoms with van der Waals surface area (Å²) in [7, 11) is 1.33. The highest BCUT2D eigenvalue weighted by Gasteiger charge is 2.36. The molecule has 1 unspecified atom stereocenters. The lowest BCUT2D eigenvalue weighted by molar-refractivity contribution is -0.120. The molecule has 4 nitrogen and oxygen atoms in total. The number of allylic oxidation sites excluding steroid dienone is 2. The number of hydrogen-bond donors (Lipinski definition) is 0. The summed E-state index contributed by atoms with van der Waals surface area (Å²) in [6, 6.07) is 0. The molecule has 2 heterocycles. The van der Waals surface area contributed by atoms with Crippen molar-refractivity contribution < 1.29 is 14.3 Å². The van der Waals surface area contributed by atoms with Crippen molar-refractivity contribution in [3.8, 4) is 0 Å². The number of ether oxygens (including phenoxy) is 1. The minimum absolute atomic E-state index is 0.0629. The second-order valence-corrected chi connectivity index (χ2v) is 3.40. The van der Waals surface area contributed by atoms with Crippen molar-refractivity contribution in [2.75, 3.05) is 13.7 Å². The number of carbonyl (C=O) groups excluding carboxylic acids is 2. The Morgan fingerprint density at radius 2 is 2.46 bits per heavy atom. The van der Waals surface area contributed by atoms with E-state index in [0.29, 0.717) is 24.6 Å². The number of fused-ring (bicyclic) bond motifs is 3. The summed E-state index contributed by atoms with van der Waals surface area (Å²) >= 11 is 0. The third kappa shape index (κ3) is 1.22. The smallest absolute Gasteiger partial charge is 0.414 e. The van der Waals surface area contributed by atoms with Crippen LogP contribution >= 0.6 is 0 Å². The van der Waals surface area contributed by atoms with Crippen LogP contribution in [0.5, 0.6) is 0 Å². The van der Waals surface area contributed by atoms with Gasteiger partial charge in [-0.15, -0.1) is 0 Å². The lowest BCUT2D eigenvalue weighted by Gasteiger charge is -2.36. The molecule has 1 amide bonds. The fourth-order valence-electron chi connectivity index (χ4n) is 1.88. The van der Waals surface area contributed by atoms with E-state index in [9.17, 15) is 9.59 Å². The van der Waals surface area contributed by atoms with Crippen LogP contribution in [0.25, 0.3) is 0 Å². The van der Waals surface area contributed by atoms with Crippen LogP contribution in [0, 0.1) is 5.92 Å². The molecule has 4 heteroatoms. The number of hydrogen-bond acceptors (Lipinski definition) is 3. The second kappa shape index (κ2) is 2.87. The van der Waals surface area contributed by atoms with Crippen LogP contribution in [-0.2, 0) is 9.53 Å². The molecule has 0 radical (unpaired) electrons. The zero-order valence-electron chi connectivity index (χ0n) is 7.45. The van der Waals surface area contributed by atoms with E-state index in [1.807, 2.05) is 6.08 Å². The maximum absolute atomic E-state index is 11.4. The van der Waals surface area contributed by atoms with Gasteiger partial charge < -0.3 is 4.74 Å². The molecule has 13 heavy (non-hydrogen) atoms. The van der Waals surface area contributed by atoms with Crippen molar-refractivity contribution in [2.24, 2.45) is 5.92 Å². The first-order chi connectivity index (χ1) is 6.22. The maximum atomic E-state index is 11.4. The molecule has 0 N–H and O–H groups in total. The third-order valence-corrected chi connectivity index (χ3v) is 2.53. The molecule has 2 aliphatic heterocycles. The van der Waals surface area contributed by atoms with Crippen LogP contribution in [0.4, 0.5) is 4.79 Å². The number of methoxy groups -OCH3 is 1. The van der Waals surface area contributed by atoms with E-state index in [4.69, 9.17) is 0 Å². The van der Waals surface area contributed by atoms with E-state index < -0.39 is 6.09 Å². The molecule has 0 aromatic rings. The van der Waals surface area contributed by atoms with Crippen molar-refractivity contribution in [2.45, 2.75) is 12.8 Å². The van der Waals surface area contributed by atoms with Crippen molar-refractivity contribution >= 4 is 11.9 Å². The Labute approximate surface area is 76.2 Å². The summed E-state index contributed by atoms with van der Waals surface area (Å²) in [6.07, 6.45) is 2.90. The van der Waals surface area contributed by atoms with Gasteiger partial charge >= 0.3 is 6.09 Å². The van der Waals surface area contributed by atoms with Gasteiger partial charge in [-0.3, -0.25) is 9.69 Å². The largest absolute Gasteiger partial charge is 0.452 e. The molecule has 1 saturated heterocycles.